The highest BCUT2D eigenvalue weighted by atomic mass is 79.9. The Kier molecular flexibility index (Phi) is 3.31. The SMILES string of the molecule is C#CC1CC(c2cccc(Br)c2)(c2n[nH]c(=S)n2C)C1. The van der Waals surface area contributed by atoms with Crippen LogP contribution < -0.4 is 0 Å². The van der Waals surface area contributed by atoms with E-state index in [4.69, 9.17) is 18.6 Å². The van der Waals surface area contributed by atoms with Gasteiger partial charge in [0.15, 0.2) is 4.77 Å². The Balaban J connectivity index is 2.14. The summed E-state index contributed by atoms with van der Waals surface area (Å²) in [5.41, 5.74) is 1.10. The molecule has 0 bridgehead atoms. The highest BCUT2D eigenvalue weighted by molar-refractivity contribution is 9.10. The van der Waals surface area contributed by atoms with E-state index in [-0.39, 0.29) is 5.41 Å². The first kappa shape index (κ1) is 13.6. The maximum atomic E-state index is 5.57. The van der Waals surface area contributed by atoms with Crippen LogP contribution in [0.5, 0.6) is 0 Å². The zero-order chi connectivity index (χ0) is 14.3. The molecule has 102 valence electrons. The zero-order valence-corrected chi connectivity index (χ0v) is 13.5. The minimum absolute atomic E-state index is 0.136. The molecule has 20 heavy (non-hydrogen) atoms. The maximum absolute atomic E-state index is 5.57. The molecule has 5 heteroatoms. The third-order valence-electron chi connectivity index (χ3n) is 4.11. The van der Waals surface area contributed by atoms with E-state index in [2.05, 4.69) is 44.2 Å². The molecular formula is C15H14BrN3S. The van der Waals surface area contributed by atoms with Crippen molar-refractivity contribution in [2.75, 3.05) is 0 Å². The van der Waals surface area contributed by atoms with Crippen molar-refractivity contribution in [2.45, 2.75) is 18.3 Å². The summed E-state index contributed by atoms with van der Waals surface area (Å²) in [4.78, 5) is 0. The molecule has 1 saturated carbocycles. The van der Waals surface area contributed by atoms with E-state index in [1.807, 2.05) is 23.7 Å². The van der Waals surface area contributed by atoms with Gasteiger partial charge >= 0.3 is 0 Å². The molecule has 1 fully saturated rings. The summed E-state index contributed by atoms with van der Waals surface area (Å²) in [5, 5.41) is 7.33. The highest BCUT2D eigenvalue weighted by Crippen LogP contribution is 2.51. The van der Waals surface area contributed by atoms with Crippen molar-refractivity contribution in [2.24, 2.45) is 13.0 Å². The molecule has 0 aliphatic heterocycles. The van der Waals surface area contributed by atoms with Gasteiger partial charge in [0.1, 0.15) is 5.82 Å². The van der Waals surface area contributed by atoms with Gasteiger partial charge in [-0.3, -0.25) is 5.10 Å². The van der Waals surface area contributed by atoms with E-state index in [0.29, 0.717) is 10.7 Å². The van der Waals surface area contributed by atoms with Crippen molar-refractivity contribution in [1.29, 1.82) is 0 Å². The molecule has 0 saturated heterocycles. The lowest BCUT2D eigenvalue weighted by molar-refractivity contribution is 0.217. The van der Waals surface area contributed by atoms with Gasteiger partial charge in [0.05, 0.1) is 5.41 Å². The van der Waals surface area contributed by atoms with Crippen molar-refractivity contribution >= 4 is 28.1 Å². The molecule has 0 atom stereocenters. The van der Waals surface area contributed by atoms with Crippen LogP contribution in [0, 0.1) is 23.0 Å². The van der Waals surface area contributed by atoms with Crippen LogP contribution in [-0.2, 0) is 12.5 Å². The van der Waals surface area contributed by atoms with E-state index in [9.17, 15) is 0 Å². The lowest BCUT2D eigenvalue weighted by Crippen LogP contribution is -2.43. The van der Waals surface area contributed by atoms with E-state index in [1.54, 1.807) is 0 Å². The largest absolute Gasteiger partial charge is 0.307 e. The predicted octanol–water partition coefficient (Wildman–Crippen LogP) is 3.57. The lowest BCUT2D eigenvalue weighted by atomic mass is 9.58. The Morgan fingerprint density at radius 2 is 2.30 bits per heavy atom. The summed E-state index contributed by atoms with van der Waals surface area (Å²) >= 11 is 8.78. The van der Waals surface area contributed by atoms with Gasteiger partial charge in [-0.15, -0.1) is 12.3 Å². The monoisotopic (exact) mass is 347 g/mol. The highest BCUT2D eigenvalue weighted by Gasteiger charge is 2.49. The van der Waals surface area contributed by atoms with E-state index in [1.165, 1.54) is 5.56 Å². The van der Waals surface area contributed by atoms with Gasteiger partial charge in [0, 0.05) is 17.4 Å². The second-order valence-electron chi connectivity index (χ2n) is 5.28. The Morgan fingerprint density at radius 3 is 2.85 bits per heavy atom. The quantitative estimate of drug-likeness (QED) is 0.665. The van der Waals surface area contributed by atoms with Crippen LogP contribution in [0.1, 0.15) is 24.2 Å². The summed E-state index contributed by atoms with van der Waals surface area (Å²) in [5.74, 6) is 4.12. The van der Waals surface area contributed by atoms with E-state index in [0.717, 1.165) is 23.1 Å². The summed E-state index contributed by atoms with van der Waals surface area (Å²) < 4.78 is 3.65. The fourth-order valence-electron chi connectivity index (χ4n) is 3.01. The average molecular weight is 348 g/mol. The molecule has 1 aliphatic carbocycles. The summed E-state index contributed by atoms with van der Waals surface area (Å²) in [6, 6.07) is 8.35. The number of rotatable bonds is 2. The number of nitrogens with zero attached hydrogens (tertiary/aromatic N) is 2. The van der Waals surface area contributed by atoms with Crippen molar-refractivity contribution in [3.8, 4) is 12.3 Å². The first-order valence-electron chi connectivity index (χ1n) is 6.41. The Bertz CT molecular complexity index is 747. The fraction of sp³-hybridized carbons (Fsp3) is 0.333. The Labute approximate surface area is 131 Å². The number of nitrogens with one attached hydrogen (secondary N) is 1. The number of hydrogen-bond acceptors (Lipinski definition) is 2. The lowest BCUT2D eigenvalue weighted by Gasteiger charge is -2.45. The maximum Gasteiger partial charge on any atom is 0.194 e. The predicted molar refractivity (Wildman–Crippen MR) is 84.9 cm³/mol. The Morgan fingerprint density at radius 1 is 1.55 bits per heavy atom. The zero-order valence-electron chi connectivity index (χ0n) is 11.1. The van der Waals surface area contributed by atoms with Crippen molar-refractivity contribution in [3.05, 3.63) is 44.9 Å². The molecule has 1 N–H and O–H groups in total. The van der Waals surface area contributed by atoms with Crippen LogP contribution in [0.4, 0.5) is 0 Å². The summed E-state index contributed by atoms with van der Waals surface area (Å²) in [7, 11) is 1.95. The standard InChI is InChI=1S/C15H14BrN3S/c1-3-10-8-15(9-10,11-5-4-6-12(16)7-11)13-17-18-14(20)19(13)2/h1,4-7,10H,8-9H2,2H3,(H,18,20). The molecule has 0 unspecified atom stereocenters. The van der Waals surface area contributed by atoms with Gasteiger partial charge < -0.3 is 4.57 Å². The van der Waals surface area contributed by atoms with Gasteiger partial charge in [-0.2, -0.15) is 5.10 Å². The number of benzene rings is 1. The van der Waals surface area contributed by atoms with Gasteiger partial charge in [0.2, 0.25) is 0 Å². The number of H-pyrrole nitrogens is 1. The number of aromatic amines is 1. The van der Waals surface area contributed by atoms with Crippen molar-refractivity contribution in [1.82, 2.24) is 14.8 Å². The summed E-state index contributed by atoms with van der Waals surface area (Å²) in [6.07, 6.45) is 7.39. The van der Waals surface area contributed by atoms with Gasteiger partial charge in [0.25, 0.3) is 0 Å². The number of aromatic nitrogens is 3. The van der Waals surface area contributed by atoms with Gasteiger partial charge in [-0.25, -0.2) is 0 Å². The molecule has 2 aromatic rings. The van der Waals surface area contributed by atoms with Crippen LogP contribution in [0.15, 0.2) is 28.7 Å². The van der Waals surface area contributed by atoms with Crippen molar-refractivity contribution in [3.63, 3.8) is 0 Å². The van der Waals surface area contributed by atoms with Crippen LogP contribution in [-0.4, -0.2) is 14.8 Å². The first-order valence-corrected chi connectivity index (χ1v) is 7.61. The second kappa shape index (κ2) is 4.87. The molecule has 3 rings (SSSR count). The minimum atomic E-state index is -0.136. The molecule has 1 heterocycles. The van der Waals surface area contributed by atoms with Crippen LogP contribution in [0.3, 0.4) is 0 Å². The minimum Gasteiger partial charge on any atom is -0.307 e. The second-order valence-corrected chi connectivity index (χ2v) is 6.58. The normalized spacial score (nSPS) is 24.9. The van der Waals surface area contributed by atoms with Crippen LogP contribution >= 0.6 is 28.1 Å². The van der Waals surface area contributed by atoms with Crippen molar-refractivity contribution < 1.29 is 0 Å². The first-order chi connectivity index (χ1) is 9.56. The molecule has 0 amide bonds. The number of hydrogen-bond donors (Lipinski definition) is 1. The fourth-order valence-corrected chi connectivity index (χ4v) is 3.54. The number of terminal acetylenes is 1. The molecular weight excluding hydrogens is 334 g/mol. The third kappa shape index (κ3) is 1.95. The number of halogens is 1. The molecule has 0 spiro atoms. The molecule has 0 radical (unpaired) electrons. The smallest absolute Gasteiger partial charge is 0.194 e. The topological polar surface area (TPSA) is 33.6 Å². The van der Waals surface area contributed by atoms with Gasteiger partial charge in [-0.05, 0) is 42.8 Å². The van der Waals surface area contributed by atoms with E-state index >= 15 is 0 Å². The molecule has 1 aromatic carbocycles. The summed E-state index contributed by atoms with van der Waals surface area (Å²) in [6.45, 7) is 0. The van der Waals surface area contributed by atoms with Gasteiger partial charge in [-0.1, -0.05) is 28.1 Å². The third-order valence-corrected chi connectivity index (χ3v) is 4.97. The van der Waals surface area contributed by atoms with Crippen LogP contribution in [0.25, 0.3) is 0 Å². The van der Waals surface area contributed by atoms with Crippen LogP contribution in [0.2, 0.25) is 0 Å². The molecule has 1 aliphatic rings. The molecule has 1 aromatic heterocycles. The average Bonchev–Trinajstić information content (AvgIpc) is 2.71. The van der Waals surface area contributed by atoms with E-state index < -0.39 is 0 Å². The Hall–Kier alpha value is -1.38. The molecule has 3 nitrogen and oxygen atoms in total.